The predicted molar refractivity (Wildman–Crippen MR) is 88.9 cm³/mol. The van der Waals surface area contributed by atoms with E-state index in [2.05, 4.69) is 10.6 Å². The maximum absolute atomic E-state index is 12.8. The van der Waals surface area contributed by atoms with Crippen molar-refractivity contribution in [3.05, 3.63) is 65.0 Å². The van der Waals surface area contributed by atoms with Crippen molar-refractivity contribution in [2.24, 2.45) is 0 Å². The summed E-state index contributed by atoms with van der Waals surface area (Å²) in [6.07, 6.45) is -1.02. The van der Waals surface area contributed by atoms with Gasteiger partial charge in [-0.2, -0.15) is 0 Å². The lowest BCUT2D eigenvalue weighted by molar-refractivity contribution is -0.136. The fourth-order valence-electron chi connectivity index (χ4n) is 2.14. The average molecular weight is 330 g/mol. The minimum absolute atomic E-state index is 0.148. The molecular formula is C18H19FN2O3. The van der Waals surface area contributed by atoms with E-state index in [4.69, 9.17) is 0 Å². The Morgan fingerprint density at radius 1 is 1.08 bits per heavy atom. The first-order valence-corrected chi connectivity index (χ1v) is 7.47. The number of aliphatic hydroxyl groups excluding tert-OH is 1. The number of anilines is 1. The van der Waals surface area contributed by atoms with Gasteiger partial charge in [0, 0.05) is 12.2 Å². The zero-order valence-corrected chi connectivity index (χ0v) is 13.5. The van der Waals surface area contributed by atoms with E-state index >= 15 is 0 Å². The van der Waals surface area contributed by atoms with Crippen molar-refractivity contribution in [1.29, 1.82) is 0 Å². The number of hydrogen-bond acceptors (Lipinski definition) is 3. The molecule has 5 nitrogen and oxygen atoms in total. The van der Waals surface area contributed by atoms with Gasteiger partial charge in [-0.05, 0) is 48.7 Å². The fourth-order valence-corrected chi connectivity index (χ4v) is 2.14. The zero-order valence-electron chi connectivity index (χ0n) is 13.5. The lowest BCUT2D eigenvalue weighted by Gasteiger charge is -2.13. The Labute approximate surface area is 139 Å². The zero-order chi connectivity index (χ0) is 17.7. The van der Waals surface area contributed by atoms with Crippen LogP contribution in [0.5, 0.6) is 0 Å². The number of nitrogens with one attached hydrogen (secondary N) is 2. The van der Waals surface area contributed by atoms with Gasteiger partial charge < -0.3 is 15.7 Å². The van der Waals surface area contributed by atoms with Crippen LogP contribution in [0.25, 0.3) is 0 Å². The molecule has 1 atom stereocenters. The van der Waals surface area contributed by atoms with Gasteiger partial charge in [-0.15, -0.1) is 0 Å². The van der Waals surface area contributed by atoms with E-state index in [1.165, 1.54) is 24.3 Å². The normalized spacial score (nSPS) is 11.7. The van der Waals surface area contributed by atoms with Gasteiger partial charge in [0.15, 0.2) is 0 Å². The Morgan fingerprint density at radius 3 is 2.42 bits per heavy atom. The maximum atomic E-state index is 12.8. The lowest BCUT2D eigenvalue weighted by Crippen LogP contribution is -2.37. The predicted octanol–water partition coefficient (Wildman–Crippen LogP) is 2.23. The highest BCUT2D eigenvalue weighted by atomic mass is 19.1. The van der Waals surface area contributed by atoms with Crippen molar-refractivity contribution in [3.63, 3.8) is 0 Å². The minimum Gasteiger partial charge on any atom is -0.387 e. The number of hydrogen-bond donors (Lipinski definition) is 3. The third-order valence-electron chi connectivity index (χ3n) is 3.77. The molecule has 6 heteroatoms. The summed E-state index contributed by atoms with van der Waals surface area (Å²) in [5.41, 5.74) is 2.89. The molecule has 24 heavy (non-hydrogen) atoms. The maximum Gasteiger partial charge on any atom is 0.313 e. The molecule has 2 rings (SSSR count). The van der Waals surface area contributed by atoms with E-state index in [0.29, 0.717) is 11.3 Å². The number of carbonyl (C=O) groups is 2. The molecule has 126 valence electrons. The molecule has 0 spiro atoms. The van der Waals surface area contributed by atoms with E-state index in [9.17, 15) is 19.1 Å². The molecule has 1 unspecified atom stereocenters. The Morgan fingerprint density at radius 2 is 1.75 bits per heavy atom. The molecule has 0 aliphatic carbocycles. The lowest BCUT2D eigenvalue weighted by atomic mass is 10.1. The van der Waals surface area contributed by atoms with Crippen LogP contribution in [-0.4, -0.2) is 23.5 Å². The summed E-state index contributed by atoms with van der Waals surface area (Å²) in [7, 11) is 0. The quantitative estimate of drug-likeness (QED) is 0.752. The van der Waals surface area contributed by atoms with Crippen molar-refractivity contribution < 1.29 is 19.1 Å². The van der Waals surface area contributed by atoms with Crippen molar-refractivity contribution in [2.45, 2.75) is 20.0 Å². The molecule has 0 fully saturated rings. The van der Waals surface area contributed by atoms with Crippen LogP contribution in [-0.2, 0) is 9.59 Å². The highest BCUT2D eigenvalue weighted by molar-refractivity contribution is 6.39. The summed E-state index contributed by atoms with van der Waals surface area (Å²) >= 11 is 0. The molecule has 0 aliphatic heterocycles. The van der Waals surface area contributed by atoms with Crippen LogP contribution in [0.2, 0.25) is 0 Å². The van der Waals surface area contributed by atoms with E-state index < -0.39 is 23.7 Å². The van der Waals surface area contributed by atoms with Crippen LogP contribution in [0, 0.1) is 19.7 Å². The number of rotatable bonds is 4. The van der Waals surface area contributed by atoms with Gasteiger partial charge in [-0.3, -0.25) is 9.59 Å². The Bertz CT molecular complexity index is 744. The highest BCUT2D eigenvalue weighted by Gasteiger charge is 2.17. The Hall–Kier alpha value is -2.73. The summed E-state index contributed by atoms with van der Waals surface area (Å²) in [4.78, 5) is 23.8. The average Bonchev–Trinajstić information content (AvgIpc) is 2.57. The van der Waals surface area contributed by atoms with E-state index in [1.54, 1.807) is 12.1 Å². The number of amides is 2. The fraction of sp³-hybridized carbons (Fsp3) is 0.222. The summed E-state index contributed by atoms with van der Waals surface area (Å²) in [5.74, 6) is -2.07. The van der Waals surface area contributed by atoms with Gasteiger partial charge in [-0.1, -0.05) is 24.3 Å². The molecule has 0 heterocycles. The second-order valence-corrected chi connectivity index (χ2v) is 5.48. The molecule has 2 aromatic carbocycles. The van der Waals surface area contributed by atoms with Crippen LogP contribution in [0.1, 0.15) is 22.8 Å². The standard InChI is InChI=1S/C18H19FN2O3/c1-11-4-3-5-15(12(11)2)21-18(24)17(23)20-10-16(22)13-6-8-14(19)9-7-13/h3-9,16,22H,10H2,1-2H3,(H,20,23)(H,21,24). The second-order valence-electron chi connectivity index (χ2n) is 5.48. The van der Waals surface area contributed by atoms with E-state index in [1.807, 2.05) is 19.9 Å². The van der Waals surface area contributed by atoms with Crippen LogP contribution in [0.4, 0.5) is 10.1 Å². The largest absolute Gasteiger partial charge is 0.387 e. The van der Waals surface area contributed by atoms with Gasteiger partial charge in [0.1, 0.15) is 5.82 Å². The third-order valence-corrected chi connectivity index (χ3v) is 3.77. The smallest absolute Gasteiger partial charge is 0.313 e. The number of halogens is 1. The van der Waals surface area contributed by atoms with Crippen LogP contribution < -0.4 is 10.6 Å². The number of aryl methyl sites for hydroxylation is 1. The van der Waals surface area contributed by atoms with Crippen molar-refractivity contribution in [3.8, 4) is 0 Å². The number of carbonyl (C=O) groups excluding carboxylic acids is 2. The van der Waals surface area contributed by atoms with Crippen molar-refractivity contribution in [2.75, 3.05) is 11.9 Å². The number of aliphatic hydroxyl groups is 1. The van der Waals surface area contributed by atoms with Crippen molar-refractivity contribution in [1.82, 2.24) is 5.32 Å². The number of benzene rings is 2. The SMILES string of the molecule is Cc1cccc(NC(=O)C(=O)NCC(O)c2ccc(F)cc2)c1C. The molecule has 3 N–H and O–H groups in total. The Kier molecular flexibility index (Phi) is 5.65. The first-order valence-electron chi connectivity index (χ1n) is 7.47. The molecule has 0 aromatic heterocycles. The summed E-state index contributed by atoms with van der Waals surface area (Å²) in [6, 6.07) is 10.7. The van der Waals surface area contributed by atoms with Gasteiger partial charge in [0.25, 0.3) is 0 Å². The minimum atomic E-state index is -1.02. The highest BCUT2D eigenvalue weighted by Crippen LogP contribution is 2.17. The van der Waals surface area contributed by atoms with Crippen LogP contribution in [0.15, 0.2) is 42.5 Å². The van der Waals surface area contributed by atoms with Gasteiger partial charge in [0.05, 0.1) is 6.10 Å². The van der Waals surface area contributed by atoms with Gasteiger partial charge >= 0.3 is 11.8 Å². The molecular weight excluding hydrogens is 311 g/mol. The Balaban J connectivity index is 1.91. The first kappa shape index (κ1) is 17.6. The summed E-state index contributed by atoms with van der Waals surface area (Å²) < 4.78 is 12.8. The summed E-state index contributed by atoms with van der Waals surface area (Å²) in [5, 5.41) is 14.8. The van der Waals surface area contributed by atoms with Crippen molar-refractivity contribution >= 4 is 17.5 Å². The summed E-state index contributed by atoms with van der Waals surface area (Å²) in [6.45, 7) is 3.61. The first-order chi connectivity index (χ1) is 11.4. The molecule has 2 amide bonds. The van der Waals surface area contributed by atoms with E-state index in [-0.39, 0.29) is 6.54 Å². The molecule has 0 saturated heterocycles. The molecule has 0 radical (unpaired) electrons. The molecule has 0 aliphatic rings. The monoisotopic (exact) mass is 330 g/mol. The topological polar surface area (TPSA) is 78.4 Å². The molecule has 0 saturated carbocycles. The van der Waals surface area contributed by atoms with Crippen LogP contribution >= 0.6 is 0 Å². The van der Waals surface area contributed by atoms with E-state index in [0.717, 1.165) is 11.1 Å². The third kappa shape index (κ3) is 4.39. The second kappa shape index (κ2) is 7.70. The molecule has 2 aromatic rings. The van der Waals surface area contributed by atoms with Crippen LogP contribution in [0.3, 0.4) is 0 Å². The molecule has 0 bridgehead atoms. The van der Waals surface area contributed by atoms with Gasteiger partial charge in [0.2, 0.25) is 0 Å². The van der Waals surface area contributed by atoms with Gasteiger partial charge in [-0.25, -0.2) is 4.39 Å².